The van der Waals surface area contributed by atoms with Crippen molar-refractivity contribution in [3.63, 3.8) is 0 Å². The normalized spacial score (nSPS) is 13.4. The third-order valence-electron chi connectivity index (χ3n) is 3.86. The number of para-hydroxylation sites is 1. The lowest BCUT2D eigenvalue weighted by Gasteiger charge is -2.14. The monoisotopic (exact) mass is 443 g/mol. The quantitative estimate of drug-likeness (QED) is 0.410. The summed E-state index contributed by atoms with van der Waals surface area (Å²) in [5.74, 6) is 4.16. The zero-order valence-corrected chi connectivity index (χ0v) is 18.6. The first-order valence-electron chi connectivity index (χ1n) is 9.17. The van der Waals surface area contributed by atoms with E-state index in [-0.39, 0.29) is 6.61 Å². The van der Waals surface area contributed by atoms with Gasteiger partial charge in [-0.25, -0.2) is 9.19 Å². The number of aromatic nitrogens is 1. The van der Waals surface area contributed by atoms with E-state index in [4.69, 9.17) is 11.2 Å². The Morgan fingerprint density at radius 3 is 2.80 bits per heavy atom. The molecule has 0 aliphatic rings. The topological polar surface area (TPSA) is 80.3 Å². The molecule has 0 saturated carbocycles. The Labute approximate surface area is 182 Å². The van der Waals surface area contributed by atoms with E-state index in [2.05, 4.69) is 20.9 Å². The summed E-state index contributed by atoms with van der Waals surface area (Å²) in [5.41, 5.74) is 1.52. The molecular weight excluding hydrogens is 418 g/mol. The van der Waals surface area contributed by atoms with Crippen LogP contribution in [0.1, 0.15) is 12.0 Å². The van der Waals surface area contributed by atoms with Gasteiger partial charge in [0.2, 0.25) is 0 Å². The first kappa shape index (κ1) is 23.4. The number of nitrogens with one attached hydrogen (secondary N) is 2. The van der Waals surface area contributed by atoms with Gasteiger partial charge in [0.25, 0.3) is 0 Å². The van der Waals surface area contributed by atoms with Gasteiger partial charge in [-0.2, -0.15) is 0 Å². The standard InChI is InChI=1S/C22H25N3O3S2/c1-4-5-11-19(12-9-16-29(3)26)30(27)25-20-13-7-6-10-18(20)17-28-21-14-8-15-24-22(21)23-2/h1,6-15,25H,5,16-17H2,2-3H3,(H,23,24)/b12-9-,19-11+. The SMILES string of the molecule is C#CC/C=C(\C=C/CS(C)=O)S(=O)Nc1ccccc1COc1cccnc1NC. The predicted molar refractivity (Wildman–Crippen MR) is 126 cm³/mol. The van der Waals surface area contributed by atoms with Gasteiger partial charge in [0.15, 0.2) is 11.6 Å². The number of ether oxygens (including phenoxy) is 1. The molecule has 0 spiro atoms. The maximum atomic E-state index is 12.9. The van der Waals surface area contributed by atoms with Crippen LogP contribution in [-0.2, 0) is 28.4 Å². The largest absolute Gasteiger partial charge is 0.485 e. The fraction of sp³-hybridized carbons (Fsp3) is 0.227. The van der Waals surface area contributed by atoms with Crippen molar-refractivity contribution in [2.45, 2.75) is 13.0 Å². The van der Waals surface area contributed by atoms with E-state index in [1.54, 1.807) is 43.8 Å². The summed E-state index contributed by atoms with van der Waals surface area (Å²) in [4.78, 5) is 4.75. The van der Waals surface area contributed by atoms with Gasteiger partial charge in [-0.05, 0) is 24.3 Å². The van der Waals surface area contributed by atoms with Crippen LogP contribution in [0.3, 0.4) is 0 Å². The Balaban J connectivity index is 2.15. The van der Waals surface area contributed by atoms with Crippen LogP contribution < -0.4 is 14.8 Å². The van der Waals surface area contributed by atoms with Crippen molar-refractivity contribution < 1.29 is 13.2 Å². The summed E-state index contributed by atoms with van der Waals surface area (Å²) < 4.78 is 33.1. The van der Waals surface area contributed by atoms with Crippen LogP contribution in [0.15, 0.2) is 65.7 Å². The second kappa shape index (κ2) is 12.6. The van der Waals surface area contributed by atoms with E-state index in [1.807, 2.05) is 30.3 Å². The van der Waals surface area contributed by atoms with E-state index >= 15 is 0 Å². The van der Waals surface area contributed by atoms with Gasteiger partial charge in [-0.15, -0.1) is 12.3 Å². The zero-order chi connectivity index (χ0) is 21.8. The molecule has 1 aromatic heterocycles. The van der Waals surface area contributed by atoms with Crippen LogP contribution in [0.2, 0.25) is 0 Å². The molecular formula is C22H25N3O3S2. The van der Waals surface area contributed by atoms with E-state index in [0.29, 0.717) is 34.3 Å². The fourth-order valence-electron chi connectivity index (χ4n) is 2.42. The second-order valence-electron chi connectivity index (χ2n) is 6.07. The molecule has 6 nitrogen and oxygen atoms in total. The zero-order valence-electron chi connectivity index (χ0n) is 17.0. The van der Waals surface area contributed by atoms with Crippen molar-refractivity contribution in [2.75, 3.05) is 29.1 Å². The van der Waals surface area contributed by atoms with E-state index in [1.165, 1.54) is 0 Å². The van der Waals surface area contributed by atoms with Gasteiger partial charge < -0.3 is 14.8 Å². The minimum Gasteiger partial charge on any atom is -0.485 e. The molecule has 2 N–H and O–H groups in total. The van der Waals surface area contributed by atoms with E-state index in [9.17, 15) is 8.42 Å². The minimum atomic E-state index is -1.54. The fourth-order valence-corrected chi connectivity index (χ4v) is 3.76. The number of rotatable bonds is 11. The highest BCUT2D eigenvalue weighted by Gasteiger charge is 2.10. The molecule has 8 heteroatoms. The first-order valence-corrected chi connectivity index (χ1v) is 12.0. The predicted octanol–water partition coefficient (Wildman–Crippen LogP) is 3.62. The third kappa shape index (κ3) is 7.50. The van der Waals surface area contributed by atoms with Crippen LogP contribution in [-0.4, -0.2) is 32.5 Å². The molecule has 0 fully saturated rings. The maximum Gasteiger partial charge on any atom is 0.168 e. The molecule has 0 radical (unpaired) electrons. The number of anilines is 2. The molecule has 158 valence electrons. The number of hydrogen-bond donors (Lipinski definition) is 2. The molecule has 0 saturated heterocycles. The van der Waals surface area contributed by atoms with Gasteiger partial charge in [-0.3, -0.25) is 4.21 Å². The number of benzene rings is 1. The number of hydrogen-bond acceptors (Lipinski definition) is 5. The molecule has 2 aromatic rings. The minimum absolute atomic E-state index is 0.273. The van der Waals surface area contributed by atoms with Gasteiger partial charge in [0, 0.05) is 48.0 Å². The van der Waals surface area contributed by atoms with Crippen LogP contribution in [0.4, 0.5) is 11.5 Å². The van der Waals surface area contributed by atoms with Crippen LogP contribution in [0.5, 0.6) is 5.75 Å². The molecule has 2 unspecified atom stereocenters. The lowest BCUT2D eigenvalue weighted by molar-refractivity contribution is 0.307. The van der Waals surface area contributed by atoms with Crippen molar-refractivity contribution in [3.8, 4) is 18.1 Å². The first-order chi connectivity index (χ1) is 14.5. The Hall–Kier alpha value is -2.89. The Kier molecular flexibility index (Phi) is 9.84. The molecule has 0 bridgehead atoms. The van der Waals surface area contributed by atoms with Crippen molar-refractivity contribution in [2.24, 2.45) is 0 Å². The number of allylic oxidation sites excluding steroid dienone is 2. The summed E-state index contributed by atoms with van der Waals surface area (Å²) in [7, 11) is -0.729. The van der Waals surface area contributed by atoms with Crippen molar-refractivity contribution in [1.29, 1.82) is 0 Å². The summed E-state index contributed by atoms with van der Waals surface area (Å²) in [6, 6.07) is 11.1. The summed E-state index contributed by atoms with van der Waals surface area (Å²) in [5, 5.41) is 2.99. The average molecular weight is 444 g/mol. The highest BCUT2D eigenvalue weighted by Crippen LogP contribution is 2.24. The second-order valence-corrected chi connectivity index (χ2v) is 8.77. The van der Waals surface area contributed by atoms with Crippen molar-refractivity contribution in [3.05, 3.63) is 71.3 Å². The lowest BCUT2D eigenvalue weighted by atomic mass is 10.2. The van der Waals surface area contributed by atoms with Crippen molar-refractivity contribution >= 4 is 33.3 Å². The average Bonchev–Trinajstić information content (AvgIpc) is 2.75. The summed E-state index contributed by atoms with van der Waals surface area (Å²) in [6.45, 7) is 0.273. The molecule has 2 rings (SSSR count). The smallest absolute Gasteiger partial charge is 0.168 e. The molecule has 2 atom stereocenters. The number of nitrogens with zero attached hydrogens (tertiary/aromatic N) is 1. The van der Waals surface area contributed by atoms with E-state index in [0.717, 1.165) is 5.56 Å². The van der Waals surface area contributed by atoms with E-state index < -0.39 is 21.8 Å². The highest BCUT2D eigenvalue weighted by atomic mass is 32.2. The molecule has 30 heavy (non-hydrogen) atoms. The van der Waals surface area contributed by atoms with Gasteiger partial charge in [0.05, 0.1) is 10.6 Å². The third-order valence-corrected chi connectivity index (χ3v) is 5.66. The lowest BCUT2D eigenvalue weighted by Crippen LogP contribution is -2.09. The number of pyridine rings is 1. The Morgan fingerprint density at radius 1 is 1.27 bits per heavy atom. The van der Waals surface area contributed by atoms with Gasteiger partial charge in [0.1, 0.15) is 17.6 Å². The highest BCUT2D eigenvalue weighted by molar-refractivity contribution is 7.90. The molecule has 0 aliphatic heterocycles. The molecule has 0 aliphatic carbocycles. The molecule has 0 amide bonds. The van der Waals surface area contributed by atoms with Gasteiger partial charge in [-0.1, -0.05) is 30.4 Å². The summed E-state index contributed by atoms with van der Waals surface area (Å²) >= 11 is 0. The summed E-state index contributed by atoms with van der Waals surface area (Å²) in [6.07, 6.45) is 14.1. The van der Waals surface area contributed by atoms with Crippen LogP contribution in [0, 0.1) is 12.3 Å². The maximum absolute atomic E-state index is 12.9. The molecule has 1 aromatic carbocycles. The van der Waals surface area contributed by atoms with Crippen LogP contribution >= 0.6 is 0 Å². The van der Waals surface area contributed by atoms with Crippen LogP contribution in [0.25, 0.3) is 0 Å². The number of terminal acetylenes is 1. The molecule has 1 heterocycles. The Bertz CT molecular complexity index is 997. The van der Waals surface area contributed by atoms with Gasteiger partial charge >= 0.3 is 0 Å². The van der Waals surface area contributed by atoms with Crippen molar-refractivity contribution in [1.82, 2.24) is 4.98 Å². The Morgan fingerprint density at radius 2 is 2.07 bits per heavy atom.